The fourth-order valence-corrected chi connectivity index (χ4v) is 2.85. The zero-order valence-electron chi connectivity index (χ0n) is 5.71. The third-order valence-electron chi connectivity index (χ3n) is 1.35. The molecule has 0 aliphatic carbocycles. The van der Waals surface area contributed by atoms with Gasteiger partial charge < -0.3 is 4.74 Å². The Morgan fingerprint density at radius 1 is 1.55 bits per heavy atom. The van der Waals surface area contributed by atoms with Gasteiger partial charge >= 0.3 is 0 Å². The van der Waals surface area contributed by atoms with Crippen molar-refractivity contribution < 1.29 is 13.2 Å². The number of halogens is 1. The van der Waals surface area contributed by atoms with Crippen LogP contribution in [0.5, 0.6) is 0 Å². The Kier molecular flexibility index (Phi) is 2.71. The Bertz CT molecular complexity index is 302. The van der Waals surface area contributed by atoms with E-state index in [1.54, 1.807) is 0 Å². The molecule has 11 heavy (non-hydrogen) atoms. The van der Waals surface area contributed by atoms with Gasteiger partial charge in [0.2, 0.25) is 9.84 Å². The van der Waals surface area contributed by atoms with Gasteiger partial charge in [-0.1, -0.05) is 29.2 Å². The van der Waals surface area contributed by atoms with Gasteiger partial charge in [-0.15, -0.1) is 0 Å². The van der Waals surface area contributed by atoms with E-state index >= 15 is 0 Å². The van der Waals surface area contributed by atoms with E-state index in [1.807, 2.05) is 22.6 Å². The maximum Gasteiger partial charge on any atom is 0.203 e. The molecule has 0 spiro atoms. The summed E-state index contributed by atoms with van der Waals surface area (Å²) >= 11 is 1.88. The second-order valence-electron chi connectivity index (χ2n) is 2.11. The van der Waals surface area contributed by atoms with Crippen molar-refractivity contribution in [1.29, 1.82) is 0 Å². The molecule has 0 saturated carbocycles. The van der Waals surface area contributed by atoms with Crippen molar-refractivity contribution in [3.8, 4) is 0 Å². The van der Waals surface area contributed by atoms with E-state index in [0.29, 0.717) is 4.91 Å². The maximum atomic E-state index is 11.3. The summed E-state index contributed by atoms with van der Waals surface area (Å²) in [5.41, 5.74) is 0. The minimum atomic E-state index is -3.22. The van der Waals surface area contributed by atoms with Crippen molar-refractivity contribution in [2.45, 2.75) is 0 Å². The van der Waals surface area contributed by atoms with Crippen LogP contribution in [-0.4, -0.2) is 21.6 Å². The lowest BCUT2D eigenvalue weighted by atomic mass is 10.6. The smallest absolute Gasteiger partial charge is 0.203 e. The topological polar surface area (TPSA) is 43.4 Å². The van der Waals surface area contributed by atoms with E-state index in [0.717, 1.165) is 0 Å². The van der Waals surface area contributed by atoms with Crippen LogP contribution in [0.4, 0.5) is 0 Å². The minimum Gasteiger partial charge on any atom is -0.371 e. The molecule has 0 bridgehead atoms. The van der Waals surface area contributed by atoms with Crippen molar-refractivity contribution >= 4 is 32.4 Å². The highest BCUT2D eigenvalue weighted by atomic mass is 127. The summed E-state index contributed by atoms with van der Waals surface area (Å²) in [5, 5.41) is 0. The molecule has 0 amide bonds. The zero-order valence-corrected chi connectivity index (χ0v) is 8.68. The molecule has 0 radical (unpaired) electrons. The lowest BCUT2D eigenvalue weighted by Crippen LogP contribution is -2.21. The average Bonchev–Trinajstić information content (AvgIpc) is 1.95. The van der Waals surface area contributed by atoms with Gasteiger partial charge in [-0.2, -0.15) is 0 Å². The molecule has 5 heteroatoms. The van der Waals surface area contributed by atoms with Crippen LogP contribution >= 0.6 is 22.6 Å². The van der Waals surface area contributed by atoms with Crippen LogP contribution in [0.15, 0.2) is 20.5 Å². The van der Waals surface area contributed by atoms with E-state index in [-0.39, 0.29) is 18.1 Å². The molecule has 0 aromatic rings. The molecule has 0 atom stereocenters. The summed E-state index contributed by atoms with van der Waals surface area (Å²) in [4.78, 5) is 0.445. The van der Waals surface area contributed by atoms with Crippen molar-refractivity contribution in [1.82, 2.24) is 0 Å². The normalized spacial score (nSPS) is 27.4. The molecule has 0 N–H and O–H groups in total. The van der Waals surface area contributed by atoms with Crippen molar-refractivity contribution in [2.75, 3.05) is 13.2 Å². The predicted molar refractivity (Wildman–Crippen MR) is 51.0 cm³/mol. The van der Waals surface area contributed by atoms with Crippen molar-refractivity contribution in [3.05, 3.63) is 20.5 Å². The van der Waals surface area contributed by atoms with E-state index < -0.39 is 9.84 Å². The molecule has 1 heterocycles. The molecule has 1 aliphatic rings. The molecule has 1 aliphatic heterocycles. The van der Waals surface area contributed by atoms with Crippen LogP contribution in [0, 0.1) is 0 Å². The summed E-state index contributed by atoms with van der Waals surface area (Å²) in [7, 11) is -3.22. The number of hydrogen-bond acceptors (Lipinski definition) is 3. The zero-order chi connectivity index (χ0) is 8.48. The molecule has 3 nitrogen and oxygen atoms in total. The molecule has 0 unspecified atom stereocenters. The van der Waals surface area contributed by atoms with E-state index in [2.05, 4.69) is 6.58 Å². The summed E-state index contributed by atoms with van der Waals surface area (Å²) in [6.45, 7) is 3.70. The van der Waals surface area contributed by atoms with Crippen LogP contribution in [0.3, 0.4) is 0 Å². The second-order valence-corrected chi connectivity index (χ2v) is 4.84. The van der Waals surface area contributed by atoms with Crippen LogP contribution in [0.2, 0.25) is 0 Å². The molecular weight excluding hydrogens is 279 g/mol. The standard InChI is InChI=1S/C6H7IO3S/c1-5-3-10-4-6(2-7)11(5,8)9/h2H,1,3-4H2/b6-2+. The third kappa shape index (κ3) is 1.65. The highest BCUT2D eigenvalue weighted by Crippen LogP contribution is 2.22. The Morgan fingerprint density at radius 2 is 2.18 bits per heavy atom. The largest absolute Gasteiger partial charge is 0.371 e. The predicted octanol–water partition coefficient (Wildman–Crippen LogP) is 1.22. The molecule has 1 saturated heterocycles. The Hall–Kier alpha value is 0.120. The summed E-state index contributed by atoms with van der Waals surface area (Å²) in [6.07, 6.45) is 0. The molecule has 0 aromatic heterocycles. The first kappa shape index (κ1) is 9.21. The van der Waals surface area contributed by atoms with Gasteiger partial charge in [-0.25, -0.2) is 8.42 Å². The van der Waals surface area contributed by atoms with E-state index in [1.165, 1.54) is 4.08 Å². The fourth-order valence-electron chi connectivity index (χ4n) is 0.696. The second kappa shape index (κ2) is 3.24. The molecule has 1 rings (SSSR count). The van der Waals surface area contributed by atoms with Crippen molar-refractivity contribution in [2.24, 2.45) is 0 Å². The van der Waals surface area contributed by atoms with Crippen molar-refractivity contribution in [3.63, 3.8) is 0 Å². The minimum absolute atomic E-state index is 0.121. The monoisotopic (exact) mass is 286 g/mol. The van der Waals surface area contributed by atoms with Crippen LogP contribution < -0.4 is 0 Å². The van der Waals surface area contributed by atoms with E-state index in [9.17, 15) is 8.42 Å². The molecule has 1 fully saturated rings. The summed E-state index contributed by atoms with van der Waals surface area (Å²) < 4.78 is 29.1. The first-order valence-electron chi connectivity index (χ1n) is 2.89. The highest BCUT2D eigenvalue weighted by Gasteiger charge is 2.26. The molecule has 0 aromatic carbocycles. The maximum absolute atomic E-state index is 11.3. The summed E-state index contributed by atoms with van der Waals surface area (Å²) in [5.74, 6) is 0. The Balaban J connectivity index is 3.12. The lowest BCUT2D eigenvalue weighted by Gasteiger charge is -2.16. The van der Waals surface area contributed by atoms with E-state index in [4.69, 9.17) is 4.74 Å². The highest BCUT2D eigenvalue weighted by molar-refractivity contribution is 14.1. The van der Waals surface area contributed by atoms with Crippen LogP contribution in [-0.2, 0) is 14.6 Å². The van der Waals surface area contributed by atoms with Gasteiger partial charge in [0, 0.05) is 0 Å². The van der Waals surface area contributed by atoms with Gasteiger partial charge in [0.05, 0.1) is 23.0 Å². The quantitative estimate of drug-likeness (QED) is 0.629. The average molecular weight is 286 g/mol. The van der Waals surface area contributed by atoms with Gasteiger partial charge in [0.1, 0.15) is 0 Å². The fraction of sp³-hybridized carbons (Fsp3) is 0.333. The van der Waals surface area contributed by atoms with Crippen LogP contribution in [0.1, 0.15) is 0 Å². The molecule has 62 valence electrons. The number of hydrogen-bond donors (Lipinski definition) is 0. The first-order chi connectivity index (χ1) is 5.09. The van der Waals surface area contributed by atoms with Gasteiger partial charge in [-0.3, -0.25) is 0 Å². The van der Waals surface area contributed by atoms with Gasteiger partial charge in [0.25, 0.3) is 0 Å². The third-order valence-corrected chi connectivity index (χ3v) is 4.33. The van der Waals surface area contributed by atoms with Gasteiger partial charge in [-0.05, 0) is 4.08 Å². The number of rotatable bonds is 0. The Labute approximate surface area is 79.2 Å². The van der Waals surface area contributed by atoms with Crippen LogP contribution in [0.25, 0.3) is 0 Å². The molecular formula is C6H7IO3S. The van der Waals surface area contributed by atoms with Gasteiger partial charge in [0.15, 0.2) is 0 Å². The SMILES string of the molecule is C=C1COC/C(=C\I)S1(=O)=O. The lowest BCUT2D eigenvalue weighted by molar-refractivity contribution is 0.183. The first-order valence-corrected chi connectivity index (χ1v) is 5.62. The number of sulfone groups is 1. The number of ether oxygens (including phenoxy) is 1. The summed E-state index contributed by atoms with van der Waals surface area (Å²) in [6, 6.07) is 0. The Morgan fingerprint density at radius 3 is 2.64 bits per heavy atom.